The Morgan fingerprint density at radius 3 is 2.20 bits per heavy atom. The number of hydrogen-bond acceptors (Lipinski definition) is 4. The van der Waals surface area contributed by atoms with E-state index in [4.69, 9.17) is 0 Å². The number of benzene rings is 2. The lowest BCUT2D eigenvalue weighted by Crippen LogP contribution is -2.32. The van der Waals surface area contributed by atoms with Crippen LogP contribution in [0.1, 0.15) is 31.2 Å². The Morgan fingerprint density at radius 2 is 1.60 bits per heavy atom. The number of amides is 1. The molecule has 0 aromatic heterocycles. The molecule has 2 aromatic rings. The van der Waals surface area contributed by atoms with Crippen molar-refractivity contribution in [3.05, 3.63) is 59.9 Å². The number of halogens is 1. The zero-order valence-corrected chi connectivity index (χ0v) is 18.0. The van der Waals surface area contributed by atoms with Crippen LogP contribution in [0.25, 0.3) is 0 Å². The third-order valence-corrected chi connectivity index (χ3v) is 7.17. The van der Waals surface area contributed by atoms with Gasteiger partial charge in [0.25, 0.3) is 0 Å². The fraction of sp³-hybridized carbons (Fsp3) is 0.409. The molecule has 1 amide bonds. The van der Waals surface area contributed by atoms with Crippen LogP contribution in [-0.4, -0.2) is 50.2 Å². The van der Waals surface area contributed by atoms with E-state index in [0.717, 1.165) is 31.2 Å². The Morgan fingerprint density at radius 1 is 1.00 bits per heavy atom. The molecule has 1 fully saturated rings. The normalized spacial score (nSPS) is 15.4. The third-order valence-electron chi connectivity index (χ3n) is 5.26. The number of nitrogens with zero attached hydrogens (tertiary/aromatic N) is 2. The fourth-order valence-corrected chi connectivity index (χ4v) is 4.96. The van der Waals surface area contributed by atoms with E-state index in [-0.39, 0.29) is 23.2 Å². The number of carbonyl (C=O) groups is 1. The molecule has 0 unspecified atom stereocenters. The van der Waals surface area contributed by atoms with Gasteiger partial charge in [-0.25, -0.2) is 12.8 Å². The first-order chi connectivity index (χ1) is 14.4. The van der Waals surface area contributed by atoms with E-state index in [1.165, 1.54) is 12.1 Å². The minimum absolute atomic E-state index is 0.0793. The smallest absolute Gasteiger partial charge is 0.243 e. The second-order valence-electron chi connectivity index (χ2n) is 7.57. The van der Waals surface area contributed by atoms with Gasteiger partial charge in [0.15, 0.2) is 0 Å². The zero-order valence-electron chi connectivity index (χ0n) is 17.2. The van der Waals surface area contributed by atoms with Crippen LogP contribution in [0, 0.1) is 5.82 Å². The van der Waals surface area contributed by atoms with Crippen LogP contribution < -0.4 is 5.32 Å². The van der Waals surface area contributed by atoms with Crippen LogP contribution in [0.3, 0.4) is 0 Å². The molecule has 1 saturated heterocycles. The summed E-state index contributed by atoms with van der Waals surface area (Å²) in [6, 6.07) is 12.5. The summed E-state index contributed by atoms with van der Waals surface area (Å²) >= 11 is 0. The summed E-state index contributed by atoms with van der Waals surface area (Å²) < 4.78 is 40.2. The van der Waals surface area contributed by atoms with Crippen molar-refractivity contribution in [1.29, 1.82) is 0 Å². The molecule has 0 aliphatic carbocycles. The topological polar surface area (TPSA) is 69.7 Å². The van der Waals surface area contributed by atoms with Gasteiger partial charge < -0.3 is 10.2 Å². The second kappa shape index (κ2) is 10.0. The molecule has 3 rings (SSSR count). The number of carbonyl (C=O) groups excluding carboxylic acids is 1. The molecule has 0 spiro atoms. The standard InChI is InChI=1S/C22H28FN3O3S/c1-25(17-18-6-8-19(23)9-7-18)22(27)16-24-20-10-12-21(13-11-20)30(28,29)26-14-4-2-3-5-15-26/h6-13,24H,2-5,14-17H2,1H3. The Hall–Kier alpha value is -2.45. The predicted molar refractivity (Wildman–Crippen MR) is 115 cm³/mol. The summed E-state index contributed by atoms with van der Waals surface area (Å²) in [6.07, 6.45) is 3.93. The molecule has 1 aliphatic rings. The van der Waals surface area contributed by atoms with E-state index in [9.17, 15) is 17.6 Å². The molecule has 0 bridgehead atoms. The molecule has 0 atom stereocenters. The maximum Gasteiger partial charge on any atom is 0.243 e. The highest BCUT2D eigenvalue weighted by atomic mass is 32.2. The maximum atomic E-state index is 13.0. The minimum atomic E-state index is -3.48. The van der Waals surface area contributed by atoms with Crippen LogP contribution >= 0.6 is 0 Å². The second-order valence-corrected chi connectivity index (χ2v) is 9.51. The number of likely N-dealkylation sites (N-methyl/N-ethyl adjacent to an activating group) is 1. The number of nitrogens with one attached hydrogen (secondary N) is 1. The van der Waals surface area contributed by atoms with Crippen molar-refractivity contribution < 1.29 is 17.6 Å². The molecule has 8 heteroatoms. The van der Waals surface area contributed by atoms with E-state index in [1.54, 1.807) is 52.7 Å². The minimum Gasteiger partial charge on any atom is -0.376 e. The van der Waals surface area contributed by atoms with Gasteiger partial charge in [-0.1, -0.05) is 25.0 Å². The fourth-order valence-electron chi connectivity index (χ4n) is 3.44. The molecular formula is C22H28FN3O3S. The average molecular weight is 434 g/mol. The molecule has 0 radical (unpaired) electrons. The molecular weight excluding hydrogens is 405 g/mol. The molecule has 2 aromatic carbocycles. The van der Waals surface area contributed by atoms with Crippen molar-refractivity contribution in [1.82, 2.24) is 9.21 Å². The molecule has 1 aliphatic heterocycles. The van der Waals surface area contributed by atoms with Gasteiger partial charge in [-0.15, -0.1) is 0 Å². The van der Waals surface area contributed by atoms with Crippen molar-refractivity contribution in [2.75, 3.05) is 32.0 Å². The summed E-state index contributed by atoms with van der Waals surface area (Å²) in [5, 5.41) is 3.03. The summed E-state index contributed by atoms with van der Waals surface area (Å²) in [4.78, 5) is 14.2. The number of rotatable bonds is 7. The van der Waals surface area contributed by atoms with Gasteiger partial charge in [0.05, 0.1) is 11.4 Å². The average Bonchev–Trinajstić information content (AvgIpc) is 3.04. The van der Waals surface area contributed by atoms with E-state index >= 15 is 0 Å². The molecule has 1 heterocycles. The Kier molecular flexibility index (Phi) is 7.44. The lowest BCUT2D eigenvalue weighted by Gasteiger charge is -2.20. The van der Waals surface area contributed by atoms with Crippen molar-refractivity contribution >= 4 is 21.6 Å². The van der Waals surface area contributed by atoms with Crippen LogP contribution in [0.2, 0.25) is 0 Å². The van der Waals surface area contributed by atoms with Crippen LogP contribution in [0.4, 0.5) is 10.1 Å². The first kappa shape index (κ1) is 22.2. The molecule has 162 valence electrons. The zero-order chi connectivity index (χ0) is 21.6. The van der Waals surface area contributed by atoms with Gasteiger partial charge >= 0.3 is 0 Å². The highest BCUT2D eigenvalue weighted by Gasteiger charge is 2.24. The van der Waals surface area contributed by atoms with Crippen molar-refractivity contribution in [2.45, 2.75) is 37.1 Å². The predicted octanol–water partition coefficient (Wildman–Crippen LogP) is 3.46. The summed E-state index contributed by atoms with van der Waals surface area (Å²) in [6.45, 7) is 1.60. The third kappa shape index (κ3) is 5.79. The van der Waals surface area contributed by atoms with E-state index < -0.39 is 10.0 Å². The summed E-state index contributed by atoms with van der Waals surface area (Å²) in [5.74, 6) is -0.434. The lowest BCUT2D eigenvalue weighted by atomic mass is 10.2. The number of hydrogen-bond donors (Lipinski definition) is 1. The van der Waals surface area contributed by atoms with E-state index in [1.807, 2.05) is 0 Å². The molecule has 0 saturated carbocycles. The van der Waals surface area contributed by atoms with Gasteiger partial charge in [-0.05, 0) is 54.8 Å². The SMILES string of the molecule is CN(Cc1ccc(F)cc1)C(=O)CNc1ccc(S(=O)(=O)N2CCCCCC2)cc1. The van der Waals surface area contributed by atoms with E-state index in [2.05, 4.69) is 5.32 Å². The van der Waals surface area contributed by atoms with Crippen molar-refractivity contribution in [3.8, 4) is 0 Å². The first-order valence-electron chi connectivity index (χ1n) is 10.2. The van der Waals surface area contributed by atoms with Gasteiger partial charge in [-0.2, -0.15) is 4.31 Å². The number of anilines is 1. The van der Waals surface area contributed by atoms with Gasteiger partial charge in [0.1, 0.15) is 5.82 Å². The quantitative estimate of drug-likeness (QED) is 0.726. The van der Waals surface area contributed by atoms with Crippen LogP contribution in [0.15, 0.2) is 53.4 Å². The molecule has 1 N–H and O–H groups in total. The van der Waals surface area contributed by atoms with Gasteiger partial charge in [0, 0.05) is 32.4 Å². The summed E-state index contributed by atoms with van der Waals surface area (Å²) in [5.41, 5.74) is 1.52. The molecule has 6 nitrogen and oxygen atoms in total. The maximum absolute atomic E-state index is 13.0. The Labute approximate surface area is 177 Å². The Balaban J connectivity index is 1.54. The highest BCUT2D eigenvalue weighted by Crippen LogP contribution is 2.21. The number of sulfonamides is 1. The van der Waals surface area contributed by atoms with Gasteiger partial charge in [0.2, 0.25) is 15.9 Å². The van der Waals surface area contributed by atoms with Crippen molar-refractivity contribution in [3.63, 3.8) is 0 Å². The van der Waals surface area contributed by atoms with Crippen molar-refractivity contribution in [2.24, 2.45) is 0 Å². The Bertz CT molecular complexity index is 939. The van der Waals surface area contributed by atoms with Gasteiger partial charge in [-0.3, -0.25) is 4.79 Å². The first-order valence-corrected chi connectivity index (χ1v) is 11.6. The monoisotopic (exact) mass is 433 g/mol. The van der Waals surface area contributed by atoms with E-state index in [0.29, 0.717) is 25.3 Å². The van der Waals surface area contributed by atoms with Crippen LogP contribution in [-0.2, 0) is 21.4 Å². The largest absolute Gasteiger partial charge is 0.376 e. The van der Waals surface area contributed by atoms with Crippen LogP contribution in [0.5, 0.6) is 0 Å². The molecule has 30 heavy (non-hydrogen) atoms. The summed E-state index contributed by atoms with van der Waals surface area (Å²) in [7, 11) is -1.80. The lowest BCUT2D eigenvalue weighted by molar-refractivity contribution is -0.128. The highest BCUT2D eigenvalue weighted by molar-refractivity contribution is 7.89.